The van der Waals surface area contributed by atoms with Gasteiger partial charge in [-0.2, -0.15) is 0 Å². The molecular weight excluding hydrogens is 811 g/mol. The topological polar surface area (TPSA) is 189 Å². The fraction of sp³-hybridized carbons (Fsp3) is 0.943. The highest BCUT2D eigenvalue weighted by Gasteiger charge is 2.44. The average molecular weight is 914 g/mol. The zero-order valence-corrected chi connectivity index (χ0v) is 41.3. The Morgan fingerprint density at radius 1 is 0.531 bits per heavy atom. The van der Waals surface area contributed by atoms with Crippen molar-refractivity contribution >= 4 is 5.91 Å². The highest BCUT2D eigenvalue weighted by atomic mass is 16.7. The fourth-order valence-electron chi connectivity index (χ4n) is 8.85. The van der Waals surface area contributed by atoms with Crippen LogP contribution in [0, 0.1) is 0 Å². The lowest BCUT2D eigenvalue weighted by molar-refractivity contribution is -0.303. The van der Waals surface area contributed by atoms with Gasteiger partial charge in [0.15, 0.2) is 6.29 Å². The summed E-state index contributed by atoms with van der Waals surface area (Å²) in [5.41, 5.74) is 0. The predicted molar refractivity (Wildman–Crippen MR) is 261 cm³/mol. The van der Waals surface area contributed by atoms with Gasteiger partial charge >= 0.3 is 0 Å². The molecule has 1 aliphatic heterocycles. The van der Waals surface area contributed by atoms with E-state index in [1.54, 1.807) is 0 Å². The molecule has 1 rings (SSSR count). The monoisotopic (exact) mass is 914 g/mol. The van der Waals surface area contributed by atoms with Crippen LogP contribution in [0.3, 0.4) is 0 Å². The first-order valence-corrected chi connectivity index (χ1v) is 27.1. The van der Waals surface area contributed by atoms with E-state index >= 15 is 0 Å². The normalized spacial score (nSPS) is 21.0. The van der Waals surface area contributed by atoms with E-state index in [4.69, 9.17) is 9.47 Å². The number of hydrogen-bond donors (Lipinski definition) is 8. The summed E-state index contributed by atoms with van der Waals surface area (Å²) < 4.78 is 11.1. The van der Waals surface area contributed by atoms with Gasteiger partial charge in [-0.25, -0.2) is 0 Å². The van der Waals surface area contributed by atoms with Gasteiger partial charge < -0.3 is 50.5 Å². The molecule has 9 atom stereocenters. The highest BCUT2D eigenvalue weighted by Crippen LogP contribution is 2.23. The van der Waals surface area contributed by atoms with E-state index in [9.17, 15) is 40.5 Å². The van der Waals surface area contributed by atoms with Crippen LogP contribution in [0.2, 0.25) is 0 Å². The molecule has 0 radical (unpaired) electrons. The third-order valence-corrected chi connectivity index (χ3v) is 13.3. The Kier molecular flexibility index (Phi) is 41.0. The van der Waals surface area contributed by atoms with Crippen molar-refractivity contribution in [3.05, 3.63) is 12.2 Å². The van der Waals surface area contributed by atoms with Crippen LogP contribution in [0.5, 0.6) is 0 Å². The molecule has 9 unspecified atom stereocenters. The molecule has 0 aromatic rings. The molecule has 0 spiro atoms. The molecule has 1 saturated heterocycles. The van der Waals surface area contributed by atoms with Crippen molar-refractivity contribution in [2.45, 2.75) is 306 Å². The Morgan fingerprint density at radius 2 is 0.906 bits per heavy atom. The van der Waals surface area contributed by atoms with Crippen molar-refractivity contribution < 1.29 is 50.0 Å². The quantitative estimate of drug-likeness (QED) is 0.0216. The van der Waals surface area contributed by atoms with Crippen molar-refractivity contribution in [3.8, 4) is 0 Å². The first kappa shape index (κ1) is 60.9. The number of ether oxygens (including phenoxy) is 2. The number of allylic oxidation sites excluding steroid dienone is 2. The van der Waals surface area contributed by atoms with Gasteiger partial charge in [-0.1, -0.05) is 225 Å². The molecule has 8 N–H and O–H groups in total. The van der Waals surface area contributed by atoms with Crippen molar-refractivity contribution in [3.63, 3.8) is 0 Å². The largest absolute Gasteiger partial charge is 0.394 e. The summed E-state index contributed by atoms with van der Waals surface area (Å²) in [4.78, 5) is 13.1. The zero-order valence-electron chi connectivity index (χ0n) is 41.3. The van der Waals surface area contributed by atoms with E-state index in [0.717, 1.165) is 44.9 Å². The lowest BCUT2D eigenvalue weighted by Gasteiger charge is -2.40. The molecule has 11 heteroatoms. The third-order valence-electron chi connectivity index (χ3n) is 13.3. The molecular formula is C53H103NO10. The maximum Gasteiger partial charge on any atom is 0.249 e. The number of carbonyl (C=O) groups is 1. The summed E-state index contributed by atoms with van der Waals surface area (Å²) in [6.45, 7) is 3.40. The number of rotatable bonds is 46. The van der Waals surface area contributed by atoms with Gasteiger partial charge in [0.1, 0.15) is 36.6 Å². The standard InChI is InChI=1S/C53H103NO10/c1-3-5-7-9-11-12-13-14-15-16-17-18-19-20-21-22-23-24-25-26-27-28-29-30-31-32-33-35-37-39-41-46(57)52(62)54-44(48(58)45(56)40-38-36-34-10-8-6-4-2)43-63-53-51(61)50(60)49(59)47(42-55)64-53/h20-21,44-51,53,55-61H,3-19,22-43H2,1-2H3,(H,54,62)/b21-20-. The highest BCUT2D eigenvalue weighted by molar-refractivity contribution is 5.80. The summed E-state index contributed by atoms with van der Waals surface area (Å²) >= 11 is 0. The van der Waals surface area contributed by atoms with Crippen LogP contribution in [0.25, 0.3) is 0 Å². The van der Waals surface area contributed by atoms with E-state index in [-0.39, 0.29) is 6.42 Å². The van der Waals surface area contributed by atoms with Crippen molar-refractivity contribution in [1.29, 1.82) is 0 Å². The number of hydrogen-bond acceptors (Lipinski definition) is 10. The van der Waals surface area contributed by atoms with E-state index < -0.39 is 74.2 Å². The minimum absolute atomic E-state index is 0.263. The van der Waals surface area contributed by atoms with E-state index in [1.165, 1.54) is 167 Å². The number of amides is 1. The lowest BCUT2D eigenvalue weighted by Crippen LogP contribution is -2.60. The second kappa shape index (κ2) is 43.2. The summed E-state index contributed by atoms with van der Waals surface area (Å²) in [5.74, 6) is -0.697. The maximum atomic E-state index is 13.1. The van der Waals surface area contributed by atoms with Crippen LogP contribution in [0.15, 0.2) is 12.2 Å². The molecule has 380 valence electrons. The molecule has 1 fully saturated rings. The number of nitrogens with one attached hydrogen (secondary N) is 1. The summed E-state index contributed by atoms with van der Waals surface area (Å²) in [5, 5.41) is 75.5. The van der Waals surface area contributed by atoms with Gasteiger partial charge in [0.05, 0.1) is 25.4 Å². The number of unbranched alkanes of at least 4 members (excludes halogenated alkanes) is 32. The molecule has 0 aliphatic carbocycles. The molecule has 0 aromatic carbocycles. The SMILES string of the molecule is CCCCCCCCCCCCCC/C=C\CCCCCCCCCCCCCCCCC(O)C(=O)NC(COC1OC(CO)C(O)C(O)C1O)C(O)C(O)CCCCCCCCC. The van der Waals surface area contributed by atoms with Gasteiger partial charge in [0.25, 0.3) is 0 Å². The van der Waals surface area contributed by atoms with Crippen LogP contribution in [0.4, 0.5) is 0 Å². The second-order valence-electron chi connectivity index (χ2n) is 19.3. The second-order valence-corrected chi connectivity index (χ2v) is 19.3. The van der Waals surface area contributed by atoms with Gasteiger partial charge in [0, 0.05) is 0 Å². The third kappa shape index (κ3) is 31.8. The van der Waals surface area contributed by atoms with Crippen molar-refractivity contribution in [2.75, 3.05) is 13.2 Å². The Morgan fingerprint density at radius 3 is 1.31 bits per heavy atom. The van der Waals surface area contributed by atoms with Gasteiger partial charge in [0.2, 0.25) is 5.91 Å². The zero-order chi connectivity index (χ0) is 46.9. The first-order valence-electron chi connectivity index (χ1n) is 27.1. The molecule has 64 heavy (non-hydrogen) atoms. The van der Waals surface area contributed by atoms with Crippen LogP contribution in [0.1, 0.15) is 251 Å². The molecule has 0 saturated carbocycles. The summed E-state index contributed by atoms with van der Waals surface area (Å²) in [6, 6.07) is -1.16. The smallest absolute Gasteiger partial charge is 0.249 e. The molecule has 0 aromatic heterocycles. The minimum atomic E-state index is -1.66. The van der Waals surface area contributed by atoms with Crippen molar-refractivity contribution in [1.82, 2.24) is 5.32 Å². The molecule has 11 nitrogen and oxygen atoms in total. The molecule has 1 heterocycles. The summed E-state index contributed by atoms with van der Waals surface area (Å²) in [7, 11) is 0. The number of carbonyl (C=O) groups excluding carboxylic acids is 1. The van der Waals surface area contributed by atoms with Crippen LogP contribution >= 0.6 is 0 Å². The van der Waals surface area contributed by atoms with Gasteiger partial charge in [-0.3, -0.25) is 4.79 Å². The van der Waals surface area contributed by atoms with Gasteiger partial charge in [-0.05, 0) is 38.5 Å². The summed E-state index contributed by atoms with van der Waals surface area (Å²) in [6.07, 6.45) is 37.5. The molecule has 0 bridgehead atoms. The van der Waals surface area contributed by atoms with Crippen molar-refractivity contribution in [2.24, 2.45) is 0 Å². The number of aliphatic hydroxyl groups excluding tert-OH is 7. The minimum Gasteiger partial charge on any atom is -0.394 e. The number of aliphatic hydroxyl groups is 7. The van der Waals surface area contributed by atoms with Crippen LogP contribution in [-0.2, 0) is 14.3 Å². The Labute approximate surface area is 392 Å². The lowest BCUT2D eigenvalue weighted by atomic mass is 9.98. The van der Waals surface area contributed by atoms with E-state index in [0.29, 0.717) is 19.3 Å². The Hall–Kier alpha value is -1.15. The maximum absolute atomic E-state index is 13.1. The fourth-order valence-corrected chi connectivity index (χ4v) is 8.85. The van der Waals surface area contributed by atoms with Crippen LogP contribution < -0.4 is 5.32 Å². The van der Waals surface area contributed by atoms with Crippen LogP contribution in [-0.4, -0.2) is 110 Å². The average Bonchev–Trinajstić information content (AvgIpc) is 3.29. The predicted octanol–water partition coefficient (Wildman–Crippen LogP) is 10.4. The Bertz CT molecular complexity index is 1050. The molecule has 1 amide bonds. The van der Waals surface area contributed by atoms with Gasteiger partial charge in [-0.15, -0.1) is 0 Å². The van der Waals surface area contributed by atoms with E-state index in [2.05, 4.69) is 31.3 Å². The Balaban J connectivity index is 2.15. The molecule has 1 aliphatic rings. The van der Waals surface area contributed by atoms with E-state index in [1.807, 2.05) is 0 Å². The first-order chi connectivity index (χ1) is 31.2.